The van der Waals surface area contributed by atoms with E-state index in [1.807, 2.05) is 24.8 Å². The van der Waals surface area contributed by atoms with Gasteiger partial charge in [-0.25, -0.2) is 9.97 Å². The van der Waals surface area contributed by atoms with Gasteiger partial charge < -0.3 is 0 Å². The van der Waals surface area contributed by atoms with Crippen molar-refractivity contribution < 1.29 is 0 Å². The first-order chi connectivity index (χ1) is 11.8. The Kier molecular flexibility index (Phi) is 4.60. The molecule has 0 aromatic carbocycles. The van der Waals surface area contributed by atoms with E-state index in [9.17, 15) is 0 Å². The standard InChI is InChI=1S/C19H27N5/c1-2-18-21-9-11-24(18)19-13-20-12-17(22-19)15-6-5-10-23(14-15)16-7-3-4-8-16/h9,11-13,15-16H,2-8,10,14H2,1H3/t15-/m1/s1. The maximum absolute atomic E-state index is 4.94. The summed E-state index contributed by atoms with van der Waals surface area (Å²) in [6, 6.07) is 0.810. The zero-order chi connectivity index (χ0) is 16.4. The van der Waals surface area contributed by atoms with Crippen molar-refractivity contribution in [2.75, 3.05) is 13.1 Å². The number of aryl methyl sites for hydroxylation is 1. The number of likely N-dealkylation sites (tertiary alicyclic amines) is 1. The van der Waals surface area contributed by atoms with Crippen LogP contribution in [0.25, 0.3) is 5.82 Å². The fourth-order valence-corrected chi connectivity index (χ4v) is 4.34. The molecule has 3 heterocycles. The number of imidazole rings is 1. The molecule has 0 spiro atoms. The number of hydrogen-bond donors (Lipinski definition) is 0. The predicted molar refractivity (Wildman–Crippen MR) is 94.3 cm³/mol. The molecule has 2 aromatic heterocycles. The molecule has 0 bridgehead atoms. The minimum atomic E-state index is 0.514. The van der Waals surface area contributed by atoms with E-state index in [1.165, 1.54) is 45.1 Å². The van der Waals surface area contributed by atoms with E-state index in [-0.39, 0.29) is 0 Å². The van der Waals surface area contributed by atoms with Crippen LogP contribution >= 0.6 is 0 Å². The van der Waals surface area contributed by atoms with Gasteiger partial charge in [0.15, 0.2) is 5.82 Å². The predicted octanol–water partition coefficient (Wildman–Crippen LogP) is 3.35. The molecular weight excluding hydrogens is 298 g/mol. The Morgan fingerprint density at radius 3 is 2.83 bits per heavy atom. The molecule has 1 saturated carbocycles. The van der Waals surface area contributed by atoms with Gasteiger partial charge in [0.1, 0.15) is 5.82 Å². The van der Waals surface area contributed by atoms with Crippen molar-refractivity contribution in [3.63, 3.8) is 0 Å². The van der Waals surface area contributed by atoms with Gasteiger partial charge in [-0.2, -0.15) is 0 Å². The highest BCUT2D eigenvalue weighted by atomic mass is 15.2. The molecule has 2 aliphatic rings. The number of hydrogen-bond acceptors (Lipinski definition) is 4. The van der Waals surface area contributed by atoms with Crippen molar-refractivity contribution in [3.05, 3.63) is 36.3 Å². The van der Waals surface area contributed by atoms with Crippen molar-refractivity contribution >= 4 is 0 Å². The van der Waals surface area contributed by atoms with Crippen LogP contribution in [-0.4, -0.2) is 43.6 Å². The third kappa shape index (κ3) is 3.09. The summed E-state index contributed by atoms with van der Waals surface area (Å²) in [6.45, 7) is 4.53. The molecule has 2 aromatic rings. The van der Waals surface area contributed by atoms with Crippen LogP contribution in [-0.2, 0) is 6.42 Å². The molecule has 0 N–H and O–H groups in total. The average molecular weight is 325 g/mol. The smallest absolute Gasteiger partial charge is 0.156 e. The second kappa shape index (κ2) is 7.01. The first-order valence-electron chi connectivity index (χ1n) is 9.43. The molecule has 0 unspecified atom stereocenters. The van der Waals surface area contributed by atoms with E-state index in [4.69, 9.17) is 4.98 Å². The third-order valence-corrected chi connectivity index (χ3v) is 5.63. The first-order valence-corrected chi connectivity index (χ1v) is 9.43. The Labute approximate surface area is 144 Å². The largest absolute Gasteiger partial charge is 0.300 e. The van der Waals surface area contributed by atoms with Crippen molar-refractivity contribution in [1.82, 2.24) is 24.4 Å². The van der Waals surface area contributed by atoms with Crippen molar-refractivity contribution in [2.45, 2.75) is 63.8 Å². The van der Waals surface area contributed by atoms with E-state index in [2.05, 4.69) is 26.4 Å². The van der Waals surface area contributed by atoms with Crippen LogP contribution in [0.4, 0.5) is 0 Å². The Hall–Kier alpha value is -1.75. The number of piperidine rings is 1. The topological polar surface area (TPSA) is 46.8 Å². The van der Waals surface area contributed by atoms with Gasteiger partial charge in [0, 0.05) is 43.5 Å². The molecule has 0 radical (unpaired) electrons. The van der Waals surface area contributed by atoms with Crippen molar-refractivity contribution in [1.29, 1.82) is 0 Å². The third-order valence-electron chi connectivity index (χ3n) is 5.63. The van der Waals surface area contributed by atoms with E-state index in [0.29, 0.717) is 5.92 Å². The molecule has 5 nitrogen and oxygen atoms in total. The molecule has 24 heavy (non-hydrogen) atoms. The lowest BCUT2D eigenvalue weighted by Crippen LogP contribution is -2.40. The lowest BCUT2D eigenvalue weighted by atomic mass is 9.93. The fourth-order valence-electron chi connectivity index (χ4n) is 4.34. The van der Waals surface area contributed by atoms with Gasteiger partial charge in [0.05, 0.1) is 11.9 Å². The molecule has 0 amide bonds. The highest BCUT2D eigenvalue weighted by molar-refractivity contribution is 5.24. The van der Waals surface area contributed by atoms with Crippen LogP contribution in [0, 0.1) is 0 Å². The highest BCUT2D eigenvalue weighted by Crippen LogP contribution is 2.31. The highest BCUT2D eigenvalue weighted by Gasteiger charge is 2.29. The fraction of sp³-hybridized carbons (Fsp3) is 0.632. The Bertz CT molecular complexity index is 674. The second-order valence-electron chi connectivity index (χ2n) is 7.14. The molecule has 128 valence electrons. The average Bonchev–Trinajstić information content (AvgIpc) is 3.33. The van der Waals surface area contributed by atoms with Crippen molar-refractivity contribution in [2.24, 2.45) is 0 Å². The quantitative estimate of drug-likeness (QED) is 0.865. The number of nitrogens with zero attached hydrogens (tertiary/aromatic N) is 5. The summed E-state index contributed by atoms with van der Waals surface area (Å²) in [7, 11) is 0. The van der Waals surface area contributed by atoms with Gasteiger partial charge in [0.25, 0.3) is 0 Å². The summed E-state index contributed by atoms with van der Waals surface area (Å²) in [4.78, 5) is 16.5. The number of rotatable bonds is 4. The molecule has 4 rings (SSSR count). The van der Waals surface area contributed by atoms with Gasteiger partial charge in [-0.1, -0.05) is 19.8 Å². The van der Waals surface area contributed by atoms with E-state index >= 15 is 0 Å². The lowest BCUT2D eigenvalue weighted by molar-refractivity contribution is 0.149. The van der Waals surface area contributed by atoms with E-state index in [0.717, 1.165) is 36.3 Å². The summed E-state index contributed by atoms with van der Waals surface area (Å²) >= 11 is 0. The molecule has 1 saturated heterocycles. The minimum absolute atomic E-state index is 0.514. The van der Waals surface area contributed by atoms with E-state index < -0.39 is 0 Å². The minimum Gasteiger partial charge on any atom is -0.300 e. The van der Waals surface area contributed by atoms with Gasteiger partial charge >= 0.3 is 0 Å². The maximum Gasteiger partial charge on any atom is 0.156 e. The van der Waals surface area contributed by atoms with Gasteiger partial charge in [-0.3, -0.25) is 14.5 Å². The summed E-state index contributed by atoms with van der Waals surface area (Å²) in [5.41, 5.74) is 1.14. The summed E-state index contributed by atoms with van der Waals surface area (Å²) in [5, 5.41) is 0. The summed E-state index contributed by atoms with van der Waals surface area (Å²) in [5.74, 6) is 2.46. The van der Waals surface area contributed by atoms with Gasteiger partial charge in [-0.15, -0.1) is 0 Å². The van der Waals surface area contributed by atoms with Crippen LogP contribution in [0.1, 0.15) is 62.9 Å². The Morgan fingerprint density at radius 1 is 1.12 bits per heavy atom. The first kappa shape index (κ1) is 15.8. The molecule has 1 aliphatic heterocycles. The lowest BCUT2D eigenvalue weighted by Gasteiger charge is -2.36. The molecule has 1 aliphatic carbocycles. The van der Waals surface area contributed by atoms with Crippen LogP contribution in [0.3, 0.4) is 0 Å². The zero-order valence-corrected chi connectivity index (χ0v) is 14.6. The van der Waals surface area contributed by atoms with Crippen LogP contribution < -0.4 is 0 Å². The number of aromatic nitrogens is 4. The van der Waals surface area contributed by atoms with Crippen LogP contribution in [0.2, 0.25) is 0 Å². The maximum atomic E-state index is 4.94. The Morgan fingerprint density at radius 2 is 2.00 bits per heavy atom. The molecule has 2 fully saturated rings. The zero-order valence-electron chi connectivity index (χ0n) is 14.6. The normalized spacial score (nSPS) is 23.0. The molecular formula is C19H27N5. The monoisotopic (exact) mass is 325 g/mol. The van der Waals surface area contributed by atoms with E-state index in [1.54, 1.807) is 0 Å². The van der Waals surface area contributed by atoms with Gasteiger partial charge in [0.2, 0.25) is 0 Å². The Balaban J connectivity index is 1.54. The second-order valence-corrected chi connectivity index (χ2v) is 7.14. The van der Waals surface area contributed by atoms with Crippen LogP contribution in [0.5, 0.6) is 0 Å². The summed E-state index contributed by atoms with van der Waals surface area (Å²) < 4.78 is 2.06. The van der Waals surface area contributed by atoms with Crippen LogP contribution in [0.15, 0.2) is 24.8 Å². The molecule has 5 heteroatoms. The van der Waals surface area contributed by atoms with Gasteiger partial charge in [-0.05, 0) is 32.2 Å². The summed E-state index contributed by atoms with van der Waals surface area (Å²) in [6.07, 6.45) is 16.6. The van der Waals surface area contributed by atoms with Crippen molar-refractivity contribution in [3.8, 4) is 5.82 Å². The molecule has 1 atom stereocenters. The SMILES string of the molecule is CCc1nccn1-c1cncc([C@@H]2CCCN(C3CCCC3)C2)n1.